The molecule has 0 amide bonds. The summed E-state index contributed by atoms with van der Waals surface area (Å²) in [5.41, 5.74) is 0.992. The van der Waals surface area contributed by atoms with Crippen molar-refractivity contribution in [2.45, 2.75) is 0 Å². The molecule has 1 aromatic carbocycles. The quantitative estimate of drug-likeness (QED) is 0.687. The topological polar surface area (TPSA) is 18.5 Å². The highest BCUT2D eigenvalue weighted by Crippen LogP contribution is 2.22. The molecule has 0 aromatic heterocycles. The molecule has 0 atom stereocenters. The SMILES string of the molecule is C=Cc1cc(OC)cc(OC)c1.[HH]. The molecule has 66 valence electrons. The minimum absolute atomic E-state index is 0. The van der Waals surface area contributed by atoms with Gasteiger partial charge in [0.05, 0.1) is 14.2 Å². The number of benzene rings is 1. The minimum Gasteiger partial charge on any atom is -0.497 e. The molecule has 0 radical (unpaired) electrons. The van der Waals surface area contributed by atoms with Crippen LogP contribution in [0.4, 0.5) is 0 Å². The van der Waals surface area contributed by atoms with Gasteiger partial charge in [-0.2, -0.15) is 0 Å². The third kappa shape index (κ3) is 1.78. The van der Waals surface area contributed by atoms with E-state index in [9.17, 15) is 0 Å². The van der Waals surface area contributed by atoms with Crippen molar-refractivity contribution < 1.29 is 10.9 Å². The Morgan fingerprint density at radius 1 is 1.17 bits per heavy atom. The Morgan fingerprint density at radius 2 is 1.67 bits per heavy atom. The van der Waals surface area contributed by atoms with E-state index in [1.807, 2.05) is 18.2 Å². The summed E-state index contributed by atoms with van der Waals surface area (Å²) in [7, 11) is 3.25. The van der Waals surface area contributed by atoms with Gasteiger partial charge in [0.15, 0.2) is 0 Å². The van der Waals surface area contributed by atoms with Gasteiger partial charge in [0, 0.05) is 7.49 Å². The van der Waals surface area contributed by atoms with Gasteiger partial charge in [-0.25, -0.2) is 0 Å². The first-order chi connectivity index (χ1) is 5.80. The van der Waals surface area contributed by atoms with Crippen molar-refractivity contribution >= 4 is 6.08 Å². The van der Waals surface area contributed by atoms with Crippen LogP contribution in [0.1, 0.15) is 6.99 Å². The Kier molecular flexibility index (Phi) is 2.75. The Labute approximate surface area is 73.9 Å². The maximum absolute atomic E-state index is 5.07. The van der Waals surface area contributed by atoms with Crippen LogP contribution in [0.15, 0.2) is 24.8 Å². The van der Waals surface area contributed by atoms with Crippen LogP contribution in [0.2, 0.25) is 0 Å². The second kappa shape index (κ2) is 3.81. The molecule has 2 nitrogen and oxygen atoms in total. The number of methoxy groups -OCH3 is 2. The lowest BCUT2D eigenvalue weighted by molar-refractivity contribution is 0.394. The van der Waals surface area contributed by atoms with E-state index in [1.165, 1.54) is 0 Å². The summed E-state index contributed by atoms with van der Waals surface area (Å²) < 4.78 is 10.1. The van der Waals surface area contributed by atoms with E-state index < -0.39 is 0 Å². The van der Waals surface area contributed by atoms with Crippen LogP contribution < -0.4 is 9.47 Å². The average molecular weight is 166 g/mol. The maximum atomic E-state index is 5.07. The third-order valence-electron chi connectivity index (χ3n) is 1.61. The van der Waals surface area contributed by atoms with Crippen LogP contribution in [0.25, 0.3) is 6.08 Å². The highest BCUT2D eigenvalue weighted by Gasteiger charge is 1.97. The summed E-state index contributed by atoms with van der Waals surface area (Å²) in [4.78, 5) is 0. The average Bonchev–Trinajstić information content (AvgIpc) is 2.16. The van der Waals surface area contributed by atoms with E-state index in [0.717, 1.165) is 17.1 Å². The maximum Gasteiger partial charge on any atom is 0.123 e. The molecule has 0 saturated heterocycles. The standard InChI is InChI=1S/C10H12O2.H2/c1-4-8-5-9(11-2)7-10(6-8)12-3;/h4-7H,1H2,2-3H3;1H. The van der Waals surface area contributed by atoms with Gasteiger partial charge >= 0.3 is 0 Å². The van der Waals surface area contributed by atoms with E-state index in [-0.39, 0.29) is 1.43 Å². The molecule has 2 heteroatoms. The van der Waals surface area contributed by atoms with E-state index in [0.29, 0.717) is 0 Å². The van der Waals surface area contributed by atoms with Crippen molar-refractivity contribution in [3.63, 3.8) is 0 Å². The van der Waals surface area contributed by atoms with Gasteiger partial charge < -0.3 is 9.47 Å². The van der Waals surface area contributed by atoms with Gasteiger partial charge in [0.25, 0.3) is 0 Å². The number of ether oxygens (including phenoxy) is 2. The molecule has 0 saturated carbocycles. The Hall–Kier alpha value is -1.44. The zero-order valence-corrected chi connectivity index (χ0v) is 7.33. The molecular formula is C10H14O2. The first-order valence-corrected chi connectivity index (χ1v) is 3.65. The lowest BCUT2D eigenvalue weighted by Crippen LogP contribution is -1.87. The van der Waals surface area contributed by atoms with Crippen LogP contribution in [0, 0.1) is 0 Å². The summed E-state index contributed by atoms with van der Waals surface area (Å²) in [5, 5.41) is 0. The normalized spacial score (nSPS) is 9.17. The molecule has 1 aromatic rings. The smallest absolute Gasteiger partial charge is 0.123 e. The van der Waals surface area contributed by atoms with Crippen LogP contribution in [-0.2, 0) is 0 Å². The molecule has 0 N–H and O–H groups in total. The van der Waals surface area contributed by atoms with Crippen molar-refractivity contribution in [1.82, 2.24) is 0 Å². The van der Waals surface area contributed by atoms with Crippen molar-refractivity contribution in [2.24, 2.45) is 0 Å². The van der Waals surface area contributed by atoms with Gasteiger partial charge in [-0.05, 0) is 17.7 Å². The van der Waals surface area contributed by atoms with Gasteiger partial charge in [-0.3, -0.25) is 0 Å². The van der Waals surface area contributed by atoms with Crippen molar-refractivity contribution in [1.29, 1.82) is 0 Å². The molecular weight excluding hydrogens is 152 g/mol. The Morgan fingerprint density at radius 3 is 2.00 bits per heavy atom. The van der Waals surface area contributed by atoms with Crippen molar-refractivity contribution in [2.75, 3.05) is 14.2 Å². The highest BCUT2D eigenvalue weighted by atomic mass is 16.5. The lowest BCUT2D eigenvalue weighted by atomic mass is 10.2. The fourth-order valence-corrected chi connectivity index (χ4v) is 0.947. The largest absolute Gasteiger partial charge is 0.497 e. The highest BCUT2D eigenvalue weighted by molar-refractivity contribution is 5.53. The zero-order valence-electron chi connectivity index (χ0n) is 7.33. The van der Waals surface area contributed by atoms with Crippen LogP contribution >= 0.6 is 0 Å². The molecule has 1 rings (SSSR count). The Bertz CT molecular complexity index is 262. The minimum atomic E-state index is 0. The van der Waals surface area contributed by atoms with Gasteiger partial charge in [0.1, 0.15) is 11.5 Å². The monoisotopic (exact) mass is 166 g/mol. The third-order valence-corrected chi connectivity index (χ3v) is 1.61. The van der Waals surface area contributed by atoms with Gasteiger partial charge in [-0.15, -0.1) is 0 Å². The summed E-state index contributed by atoms with van der Waals surface area (Å²) >= 11 is 0. The number of hydrogen-bond donors (Lipinski definition) is 0. The predicted octanol–water partition coefficient (Wildman–Crippen LogP) is 2.59. The fourth-order valence-electron chi connectivity index (χ4n) is 0.947. The second-order valence-corrected chi connectivity index (χ2v) is 2.35. The van der Waals surface area contributed by atoms with Crippen molar-refractivity contribution in [3.05, 3.63) is 30.3 Å². The number of hydrogen-bond acceptors (Lipinski definition) is 2. The van der Waals surface area contributed by atoms with Crippen LogP contribution in [-0.4, -0.2) is 14.2 Å². The molecule has 0 aliphatic rings. The van der Waals surface area contributed by atoms with Crippen molar-refractivity contribution in [3.8, 4) is 11.5 Å². The van der Waals surface area contributed by atoms with Crippen LogP contribution in [0.3, 0.4) is 0 Å². The molecule has 0 spiro atoms. The summed E-state index contributed by atoms with van der Waals surface area (Å²) in [6.07, 6.45) is 1.76. The molecule has 0 bridgehead atoms. The first kappa shape index (κ1) is 8.65. The van der Waals surface area contributed by atoms with E-state index >= 15 is 0 Å². The second-order valence-electron chi connectivity index (χ2n) is 2.35. The van der Waals surface area contributed by atoms with E-state index in [1.54, 1.807) is 20.3 Å². The van der Waals surface area contributed by atoms with Gasteiger partial charge in [0.2, 0.25) is 0 Å². The molecule has 0 aliphatic carbocycles. The molecule has 0 aliphatic heterocycles. The van der Waals surface area contributed by atoms with E-state index in [4.69, 9.17) is 9.47 Å². The van der Waals surface area contributed by atoms with Crippen LogP contribution in [0.5, 0.6) is 11.5 Å². The number of rotatable bonds is 3. The molecule has 12 heavy (non-hydrogen) atoms. The molecule has 0 fully saturated rings. The molecule has 0 unspecified atom stereocenters. The van der Waals surface area contributed by atoms with E-state index in [2.05, 4.69) is 6.58 Å². The fraction of sp³-hybridized carbons (Fsp3) is 0.200. The summed E-state index contributed by atoms with van der Waals surface area (Å²) in [5.74, 6) is 1.56. The predicted molar refractivity (Wildman–Crippen MR) is 51.8 cm³/mol. The van der Waals surface area contributed by atoms with Gasteiger partial charge in [-0.1, -0.05) is 12.7 Å². The lowest BCUT2D eigenvalue weighted by Gasteiger charge is -2.05. The Balaban J connectivity index is 0.00000144. The zero-order chi connectivity index (χ0) is 8.97. The summed E-state index contributed by atoms with van der Waals surface area (Å²) in [6, 6.07) is 5.62. The first-order valence-electron chi connectivity index (χ1n) is 3.65. The molecule has 0 heterocycles. The summed E-state index contributed by atoms with van der Waals surface area (Å²) in [6.45, 7) is 3.67.